The van der Waals surface area contributed by atoms with E-state index in [2.05, 4.69) is 9.97 Å². The van der Waals surface area contributed by atoms with Crippen molar-refractivity contribution in [3.05, 3.63) is 52.2 Å². The summed E-state index contributed by atoms with van der Waals surface area (Å²) >= 11 is 0.761. The van der Waals surface area contributed by atoms with Crippen LogP contribution in [0.1, 0.15) is 10.4 Å². The summed E-state index contributed by atoms with van der Waals surface area (Å²) in [7, 11) is 0. The summed E-state index contributed by atoms with van der Waals surface area (Å²) in [5, 5.41) is 9.08. The summed E-state index contributed by atoms with van der Waals surface area (Å²) in [6, 6.07) is 4.96. The van der Waals surface area contributed by atoms with E-state index < -0.39 is 11.8 Å². The maximum absolute atomic E-state index is 13.6. The van der Waals surface area contributed by atoms with Crippen molar-refractivity contribution in [3.63, 3.8) is 0 Å². The van der Waals surface area contributed by atoms with Crippen molar-refractivity contribution in [2.24, 2.45) is 0 Å². The summed E-state index contributed by atoms with van der Waals surface area (Å²) in [5.74, 6) is -1.92. The monoisotopic (exact) mass is 266 g/mol. The minimum atomic E-state index is -1.24. The SMILES string of the molecule is O=C(O)c1cccc(F)c1Sc1nccc(=O)[nH]1. The third-order valence-electron chi connectivity index (χ3n) is 2.04. The molecule has 0 saturated heterocycles. The molecule has 0 amide bonds. The van der Waals surface area contributed by atoms with Gasteiger partial charge in [0.05, 0.1) is 10.5 Å². The Kier molecular flexibility index (Phi) is 3.42. The number of nitrogens with one attached hydrogen (secondary N) is 1. The van der Waals surface area contributed by atoms with Gasteiger partial charge in [-0.15, -0.1) is 0 Å². The van der Waals surface area contributed by atoms with Gasteiger partial charge in [0.2, 0.25) is 0 Å². The normalized spacial score (nSPS) is 10.3. The second kappa shape index (κ2) is 5.01. The molecule has 0 radical (unpaired) electrons. The molecule has 7 heteroatoms. The third-order valence-corrected chi connectivity index (χ3v) is 3.06. The zero-order chi connectivity index (χ0) is 13.1. The van der Waals surface area contributed by atoms with Gasteiger partial charge in [-0.25, -0.2) is 14.2 Å². The Labute approximate surface area is 105 Å². The Morgan fingerprint density at radius 3 is 2.83 bits per heavy atom. The van der Waals surface area contributed by atoms with Gasteiger partial charge in [0.25, 0.3) is 5.56 Å². The van der Waals surface area contributed by atoms with Crippen LogP contribution in [0.4, 0.5) is 4.39 Å². The highest BCUT2D eigenvalue weighted by atomic mass is 32.2. The van der Waals surface area contributed by atoms with E-state index >= 15 is 0 Å². The maximum atomic E-state index is 13.6. The highest BCUT2D eigenvalue weighted by Gasteiger charge is 2.16. The minimum absolute atomic E-state index is 0.0839. The van der Waals surface area contributed by atoms with Crippen molar-refractivity contribution in [1.29, 1.82) is 0 Å². The number of carbonyl (C=O) groups is 1. The fourth-order valence-electron chi connectivity index (χ4n) is 1.28. The third kappa shape index (κ3) is 2.57. The number of hydrogen-bond acceptors (Lipinski definition) is 4. The Balaban J connectivity index is 2.45. The predicted octanol–water partition coefficient (Wildman–Crippen LogP) is 1.76. The van der Waals surface area contributed by atoms with Gasteiger partial charge in [0.1, 0.15) is 5.82 Å². The van der Waals surface area contributed by atoms with Gasteiger partial charge in [0, 0.05) is 12.3 Å². The van der Waals surface area contributed by atoms with Crippen molar-refractivity contribution in [2.45, 2.75) is 10.1 Å². The molecule has 2 N–H and O–H groups in total. The summed E-state index contributed by atoms with van der Waals surface area (Å²) < 4.78 is 13.6. The van der Waals surface area contributed by atoms with Crippen molar-refractivity contribution in [2.75, 3.05) is 0 Å². The van der Waals surface area contributed by atoms with E-state index in [0.29, 0.717) is 0 Å². The molecule has 92 valence electrons. The van der Waals surface area contributed by atoms with E-state index in [1.807, 2.05) is 0 Å². The standard InChI is InChI=1S/C11H7FN2O3S/c12-7-3-1-2-6(10(16)17)9(7)18-11-13-5-4-8(15)14-11/h1-5H,(H,16,17)(H,13,14,15). The predicted molar refractivity (Wildman–Crippen MR) is 62.3 cm³/mol. The number of aromatic carboxylic acids is 1. The summed E-state index contributed by atoms with van der Waals surface area (Å²) in [6.45, 7) is 0. The lowest BCUT2D eigenvalue weighted by molar-refractivity contribution is 0.0692. The Morgan fingerprint density at radius 2 is 2.17 bits per heavy atom. The number of rotatable bonds is 3. The van der Waals surface area contributed by atoms with E-state index in [1.165, 1.54) is 24.4 Å². The summed E-state index contributed by atoms with van der Waals surface area (Å²) in [4.78, 5) is 28.2. The fourth-order valence-corrected chi connectivity index (χ4v) is 2.17. The fraction of sp³-hybridized carbons (Fsp3) is 0. The van der Waals surface area contributed by atoms with Gasteiger partial charge >= 0.3 is 5.97 Å². The van der Waals surface area contributed by atoms with Crippen LogP contribution >= 0.6 is 11.8 Å². The van der Waals surface area contributed by atoms with Crippen LogP contribution in [0.2, 0.25) is 0 Å². The number of carboxylic acid groups (broad SMARTS) is 1. The lowest BCUT2D eigenvalue weighted by Crippen LogP contribution is -2.06. The zero-order valence-corrected chi connectivity index (χ0v) is 9.70. The highest BCUT2D eigenvalue weighted by molar-refractivity contribution is 7.99. The van der Waals surface area contributed by atoms with Crippen LogP contribution in [0, 0.1) is 5.82 Å². The number of aromatic nitrogens is 2. The number of aromatic amines is 1. The first kappa shape index (κ1) is 12.3. The van der Waals surface area contributed by atoms with Crippen molar-refractivity contribution in [1.82, 2.24) is 9.97 Å². The van der Waals surface area contributed by atoms with Crippen LogP contribution in [0.25, 0.3) is 0 Å². The van der Waals surface area contributed by atoms with E-state index in [0.717, 1.165) is 17.8 Å². The summed E-state index contributed by atoms with van der Waals surface area (Å²) in [6.07, 6.45) is 1.27. The Morgan fingerprint density at radius 1 is 1.39 bits per heavy atom. The lowest BCUT2D eigenvalue weighted by Gasteiger charge is -2.05. The molecule has 0 atom stereocenters. The van der Waals surface area contributed by atoms with Crippen LogP contribution in [0.3, 0.4) is 0 Å². The average Bonchev–Trinajstić information content (AvgIpc) is 2.31. The lowest BCUT2D eigenvalue weighted by atomic mass is 10.2. The molecule has 0 bridgehead atoms. The van der Waals surface area contributed by atoms with E-state index in [1.54, 1.807) is 0 Å². The minimum Gasteiger partial charge on any atom is -0.478 e. The zero-order valence-electron chi connectivity index (χ0n) is 8.88. The molecule has 18 heavy (non-hydrogen) atoms. The molecule has 0 fully saturated rings. The summed E-state index contributed by atoms with van der Waals surface area (Å²) in [5.41, 5.74) is -0.563. The topological polar surface area (TPSA) is 83.0 Å². The van der Waals surface area contributed by atoms with Gasteiger partial charge in [-0.05, 0) is 23.9 Å². The van der Waals surface area contributed by atoms with Crippen LogP contribution in [0.15, 0.2) is 45.3 Å². The molecule has 1 aromatic heterocycles. The molecular formula is C11H7FN2O3S. The Bertz CT molecular complexity index is 657. The van der Waals surface area contributed by atoms with Gasteiger partial charge in [-0.2, -0.15) is 0 Å². The first-order valence-electron chi connectivity index (χ1n) is 4.83. The number of hydrogen-bond donors (Lipinski definition) is 2. The number of nitrogens with zero attached hydrogens (tertiary/aromatic N) is 1. The van der Waals surface area contributed by atoms with Gasteiger partial charge in [0.15, 0.2) is 5.16 Å². The molecule has 5 nitrogen and oxygen atoms in total. The molecule has 1 aromatic carbocycles. The average molecular weight is 266 g/mol. The van der Waals surface area contributed by atoms with E-state index in [4.69, 9.17) is 5.11 Å². The molecule has 0 aliphatic heterocycles. The van der Waals surface area contributed by atoms with Crippen LogP contribution in [0.5, 0.6) is 0 Å². The molecule has 0 saturated carbocycles. The quantitative estimate of drug-likeness (QED) is 0.827. The van der Waals surface area contributed by atoms with Crippen molar-refractivity contribution in [3.8, 4) is 0 Å². The number of halogens is 1. The molecule has 0 unspecified atom stereocenters. The van der Waals surface area contributed by atoms with E-state index in [9.17, 15) is 14.0 Å². The first-order chi connectivity index (χ1) is 8.58. The molecule has 2 aromatic rings. The van der Waals surface area contributed by atoms with Crippen molar-refractivity contribution < 1.29 is 14.3 Å². The highest BCUT2D eigenvalue weighted by Crippen LogP contribution is 2.29. The van der Waals surface area contributed by atoms with E-state index in [-0.39, 0.29) is 21.2 Å². The molecule has 0 aliphatic carbocycles. The van der Waals surface area contributed by atoms with Crippen LogP contribution in [-0.4, -0.2) is 21.0 Å². The number of benzene rings is 1. The van der Waals surface area contributed by atoms with Gasteiger partial charge in [-0.3, -0.25) is 4.79 Å². The Hall–Kier alpha value is -2.15. The molecule has 0 spiro atoms. The van der Waals surface area contributed by atoms with Crippen molar-refractivity contribution >= 4 is 17.7 Å². The smallest absolute Gasteiger partial charge is 0.336 e. The molecule has 1 heterocycles. The second-order valence-electron chi connectivity index (χ2n) is 3.26. The molecular weight excluding hydrogens is 259 g/mol. The molecule has 0 aliphatic rings. The maximum Gasteiger partial charge on any atom is 0.336 e. The van der Waals surface area contributed by atoms with Gasteiger partial charge in [-0.1, -0.05) is 6.07 Å². The van der Waals surface area contributed by atoms with Crippen LogP contribution in [-0.2, 0) is 0 Å². The first-order valence-corrected chi connectivity index (χ1v) is 5.64. The van der Waals surface area contributed by atoms with Gasteiger partial charge < -0.3 is 10.1 Å². The number of H-pyrrole nitrogens is 1. The largest absolute Gasteiger partial charge is 0.478 e. The second-order valence-corrected chi connectivity index (χ2v) is 4.26. The molecule has 2 rings (SSSR count). The number of carboxylic acids is 1. The van der Waals surface area contributed by atoms with Crippen LogP contribution < -0.4 is 5.56 Å².